The first-order valence-electron chi connectivity index (χ1n) is 15.7. The molecule has 8 nitrogen and oxygen atoms in total. The number of nitrogens with one attached hydrogen (secondary N) is 2. The second-order valence-electron chi connectivity index (χ2n) is 10.7. The Morgan fingerprint density at radius 2 is 1.28 bits per heavy atom. The molecule has 0 spiro atoms. The Hall–Kier alpha value is -4.15. The molecule has 0 bridgehead atoms. The highest BCUT2D eigenvalue weighted by Gasteiger charge is 2.25. The first kappa shape index (κ1) is 39.9. The van der Waals surface area contributed by atoms with Crippen LogP contribution in [0.15, 0.2) is 66.7 Å². The molecule has 0 aliphatic rings. The lowest BCUT2D eigenvalue weighted by molar-refractivity contribution is 0.00176. The average molecular weight is 642 g/mol. The molecule has 0 aliphatic carbocycles. The molecule has 3 rings (SSSR count). The van der Waals surface area contributed by atoms with Gasteiger partial charge < -0.3 is 25.7 Å². The molecule has 0 saturated heterocycles. The van der Waals surface area contributed by atoms with Crippen molar-refractivity contribution in [3.63, 3.8) is 0 Å². The predicted octanol–water partition coefficient (Wildman–Crippen LogP) is 5.83. The zero-order valence-electron chi connectivity index (χ0n) is 27.9. The minimum Gasteiger partial charge on any atom is -0.388 e. The van der Waals surface area contributed by atoms with Gasteiger partial charge in [-0.25, -0.2) is 8.78 Å². The third-order valence-electron chi connectivity index (χ3n) is 6.64. The Kier molecular flexibility index (Phi) is 18.0. The molecule has 0 radical (unpaired) electrons. The zero-order valence-corrected chi connectivity index (χ0v) is 27.9. The predicted molar refractivity (Wildman–Crippen MR) is 178 cm³/mol. The third-order valence-corrected chi connectivity index (χ3v) is 6.64. The topological polar surface area (TPSA) is 119 Å². The highest BCUT2D eigenvalue weighted by atomic mass is 19.1. The lowest BCUT2D eigenvalue weighted by Crippen LogP contribution is -2.50. The van der Waals surface area contributed by atoms with Crippen LogP contribution in [-0.4, -0.2) is 70.7 Å². The van der Waals surface area contributed by atoms with E-state index >= 15 is 0 Å². The molecule has 10 heteroatoms. The van der Waals surface area contributed by atoms with Crippen molar-refractivity contribution in [3.05, 3.63) is 106 Å². The fourth-order valence-electron chi connectivity index (χ4n) is 4.49. The van der Waals surface area contributed by atoms with Gasteiger partial charge in [0, 0.05) is 42.4 Å². The summed E-state index contributed by atoms with van der Waals surface area (Å²) in [7, 11) is 0. The molecule has 4 N–H and O–H groups in total. The highest BCUT2D eigenvalue weighted by Crippen LogP contribution is 2.14. The van der Waals surface area contributed by atoms with E-state index in [1.54, 1.807) is 67.3 Å². The summed E-state index contributed by atoms with van der Waals surface area (Å²) >= 11 is 0. The lowest BCUT2D eigenvalue weighted by Gasteiger charge is -2.25. The normalized spacial score (nSPS) is 12.2. The van der Waals surface area contributed by atoms with E-state index < -0.39 is 35.8 Å². The van der Waals surface area contributed by atoms with E-state index in [-0.39, 0.29) is 18.4 Å². The van der Waals surface area contributed by atoms with Crippen molar-refractivity contribution >= 4 is 17.7 Å². The van der Waals surface area contributed by atoms with E-state index in [0.717, 1.165) is 24.5 Å². The number of hydrogen-bond donors (Lipinski definition) is 4. The van der Waals surface area contributed by atoms with Crippen LogP contribution in [0.5, 0.6) is 0 Å². The summed E-state index contributed by atoms with van der Waals surface area (Å²) in [6, 6.07) is 16.2. The molecular formula is C36H49F2N3O5. The summed E-state index contributed by atoms with van der Waals surface area (Å²) < 4.78 is 24.4. The second kappa shape index (κ2) is 20.8. The molecule has 0 aromatic heterocycles. The number of halogens is 2. The van der Waals surface area contributed by atoms with Gasteiger partial charge >= 0.3 is 0 Å². The molecule has 46 heavy (non-hydrogen) atoms. The van der Waals surface area contributed by atoms with Crippen LogP contribution in [0.4, 0.5) is 8.78 Å². The number of nitrogens with zero attached hydrogens (tertiary/aromatic N) is 1. The summed E-state index contributed by atoms with van der Waals surface area (Å²) in [5.74, 6) is -2.00. The van der Waals surface area contributed by atoms with Crippen molar-refractivity contribution < 1.29 is 33.4 Å². The van der Waals surface area contributed by atoms with Gasteiger partial charge in [0.2, 0.25) is 0 Å². The van der Waals surface area contributed by atoms with Crippen molar-refractivity contribution in [2.75, 3.05) is 19.6 Å². The highest BCUT2D eigenvalue weighted by molar-refractivity contribution is 6.00. The Morgan fingerprint density at radius 1 is 0.761 bits per heavy atom. The number of amides is 3. The summed E-state index contributed by atoms with van der Waals surface area (Å²) in [4.78, 5) is 39.8. The Labute approximate surface area is 271 Å². The fraction of sp³-hybridized carbons (Fsp3) is 0.417. The van der Waals surface area contributed by atoms with Crippen molar-refractivity contribution in [2.24, 2.45) is 0 Å². The molecule has 3 aromatic carbocycles. The van der Waals surface area contributed by atoms with E-state index in [0.29, 0.717) is 35.3 Å². The number of carbonyl (C=O) groups excluding carboxylic acids is 3. The first-order chi connectivity index (χ1) is 21.9. The summed E-state index contributed by atoms with van der Waals surface area (Å²) in [6.45, 7) is 14.1. The van der Waals surface area contributed by atoms with Crippen molar-refractivity contribution in [1.29, 1.82) is 0 Å². The van der Waals surface area contributed by atoms with Gasteiger partial charge in [-0.3, -0.25) is 14.4 Å². The van der Waals surface area contributed by atoms with Gasteiger partial charge in [0.25, 0.3) is 17.7 Å². The van der Waals surface area contributed by atoms with Crippen LogP contribution >= 0.6 is 0 Å². The maximum Gasteiger partial charge on any atom is 0.253 e. The average Bonchev–Trinajstić information content (AvgIpc) is 3.03. The number of carbonyl (C=O) groups is 3. The van der Waals surface area contributed by atoms with Gasteiger partial charge in [-0.15, -0.1) is 0 Å². The molecular weight excluding hydrogens is 592 g/mol. The van der Waals surface area contributed by atoms with Crippen LogP contribution in [0.2, 0.25) is 0 Å². The van der Waals surface area contributed by atoms with Gasteiger partial charge in [-0.2, -0.15) is 0 Å². The first-order valence-corrected chi connectivity index (χ1v) is 15.7. The van der Waals surface area contributed by atoms with Crippen LogP contribution in [0.25, 0.3) is 0 Å². The smallest absolute Gasteiger partial charge is 0.253 e. The Morgan fingerprint density at radius 3 is 1.80 bits per heavy atom. The minimum atomic E-state index is -1.31. The SMILES string of the molecule is CC.CCCN(CCC)C(=O)c1cc(C)cc(C(=O)NCC(O)C(O)C(C)NC(=O)c2ccccc2)c1.Cc1cc(F)cc(F)c1. The van der Waals surface area contributed by atoms with Crippen LogP contribution in [0, 0.1) is 25.5 Å². The molecule has 0 heterocycles. The quantitative estimate of drug-likeness (QED) is 0.199. The van der Waals surface area contributed by atoms with Crippen LogP contribution in [0.1, 0.15) is 89.7 Å². The van der Waals surface area contributed by atoms with Gasteiger partial charge in [0.1, 0.15) is 17.7 Å². The van der Waals surface area contributed by atoms with E-state index in [9.17, 15) is 33.4 Å². The summed E-state index contributed by atoms with van der Waals surface area (Å²) in [6.07, 6.45) is -0.917. The van der Waals surface area contributed by atoms with E-state index in [1.165, 1.54) is 12.1 Å². The molecule has 3 amide bonds. The maximum absolute atomic E-state index is 13.0. The molecule has 0 saturated carbocycles. The van der Waals surface area contributed by atoms with Gasteiger partial charge in [0.05, 0.1) is 12.1 Å². The van der Waals surface area contributed by atoms with E-state index in [1.807, 2.05) is 34.6 Å². The van der Waals surface area contributed by atoms with Crippen LogP contribution < -0.4 is 10.6 Å². The molecule has 3 unspecified atom stereocenters. The van der Waals surface area contributed by atoms with Gasteiger partial charge in [-0.1, -0.05) is 45.9 Å². The fourth-order valence-corrected chi connectivity index (χ4v) is 4.49. The van der Waals surface area contributed by atoms with E-state index in [2.05, 4.69) is 10.6 Å². The number of hydrogen-bond acceptors (Lipinski definition) is 5. The molecule has 252 valence electrons. The number of aliphatic hydroxyl groups is 2. The van der Waals surface area contributed by atoms with Crippen molar-refractivity contribution in [2.45, 2.75) is 79.6 Å². The summed E-state index contributed by atoms with van der Waals surface area (Å²) in [5.41, 5.74) is 2.55. The number of benzene rings is 3. The van der Waals surface area contributed by atoms with Gasteiger partial charge in [0.15, 0.2) is 0 Å². The lowest BCUT2D eigenvalue weighted by atomic mass is 10.0. The molecule has 0 fully saturated rings. The largest absolute Gasteiger partial charge is 0.388 e. The standard InChI is InChI=1S/C27H37N3O5.C7H6F2.C2H6/c1-5-12-30(13-6-2)27(35)22-15-18(3)14-21(16-22)25(33)28-17-23(31)24(32)19(4)29-26(34)20-10-8-7-9-11-20;1-5-2-6(8)4-7(9)3-5;1-2/h7-11,14-16,19,23-24,31-32H,5-6,12-13,17H2,1-4H3,(H,28,33)(H,29,34);2-4H,1H3;1-2H3. The third kappa shape index (κ3) is 13.5. The molecule has 3 atom stereocenters. The van der Waals surface area contributed by atoms with Crippen LogP contribution in [0.3, 0.4) is 0 Å². The monoisotopic (exact) mass is 641 g/mol. The number of aliphatic hydroxyl groups excluding tert-OH is 2. The maximum atomic E-state index is 13.0. The van der Waals surface area contributed by atoms with Crippen LogP contribution in [-0.2, 0) is 0 Å². The Balaban J connectivity index is 0.000000814. The Bertz CT molecular complexity index is 1330. The number of aryl methyl sites for hydroxylation is 2. The van der Waals surface area contributed by atoms with Crippen molar-refractivity contribution in [3.8, 4) is 0 Å². The van der Waals surface area contributed by atoms with Crippen molar-refractivity contribution in [1.82, 2.24) is 15.5 Å². The van der Waals surface area contributed by atoms with Gasteiger partial charge in [-0.05, 0) is 87.2 Å². The zero-order chi connectivity index (χ0) is 34.8. The summed E-state index contributed by atoms with van der Waals surface area (Å²) in [5, 5.41) is 26.1. The number of rotatable bonds is 12. The van der Waals surface area contributed by atoms with E-state index in [4.69, 9.17) is 0 Å². The second-order valence-corrected chi connectivity index (χ2v) is 10.7. The molecule has 3 aromatic rings. The minimum absolute atomic E-state index is 0.120. The molecule has 0 aliphatic heterocycles.